The summed E-state index contributed by atoms with van der Waals surface area (Å²) in [5, 5.41) is 2.48. The molecule has 0 aliphatic carbocycles. The Bertz CT molecular complexity index is 686. The van der Waals surface area contributed by atoms with Crippen molar-refractivity contribution in [2.75, 3.05) is 11.1 Å². The summed E-state index contributed by atoms with van der Waals surface area (Å²) in [6.45, 7) is 0. The molecule has 7 heteroatoms. The van der Waals surface area contributed by atoms with Crippen molar-refractivity contribution in [2.45, 2.75) is 6.18 Å². The zero-order valence-electron chi connectivity index (χ0n) is 10.5. The molecule has 0 saturated heterocycles. The molecular weight excluding hydrogens is 349 g/mol. The van der Waals surface area contributed by atoms with Gasteiger partial charge in [0, 0.05) is 4.47 Å². The van der Waals surface area contributed by atoms with Crippen LogP contribution in [-0.2, 0) is 6.18 Å². The van der Waals surface area contributed by atoms with E-state index in [0.29, 0.717) is 11.4 Å². The molecule has 3 N–H and O–H groups in total. The van der Waals surface area contributed by atoms with Gasteiger partial charge in [0.1, 0.15) is 0 Å². The number of amides is 1. The molecule has 0 aromatic heterocycles. The van der Waals surface area contributed by atoms with E-state index in [-0.39, 0.29) is 10.0 Å². The third kappa shape index (κ3) is 3.55. The summed E-state index contributed by atoms with van der Waals surface area (Å²) in [4.78, 5) is 12.1. The topological polar surface area (TPSA) is 55.1 Å². The lowest BCUT2D eigenvalue weighted by Gasteiger charge is -2.12. The number of nitrogens with one attached hydrogen (secondary N) is 1. The van der Waals surface area contributed by atoms with Crippen molar-refractivity contribution in [1.29, 1.82) is 0 Å². The first-order valence-electron chi connectivity index (χ1n) is 5.81. The first-order chi connectivity index (χ1) is 9.79. The number of halogens is 4. The van der Waals surface area contributed by atoms with Crippen LogP contribution in [0.25, 0.3) is 0 Å². The Kier molecular flexibility index (Phi) is 4.22. The summed E-state index contributed by atoms with van der Waals surface area (Å²) >= 11 is 3.07. The Hall–Kier alpha value is -2.02. The fourth-order valence-electron chi connectivity index (χ4n) is 1.68. The van der Waals surface area contributed by atoms with Crippen molar-refractivity contribution in [3.05, 3.63) is 58.1 Å². The highest BCUT2D eigenvalue weighted by atomic mass is 79.9. The van der Waals surface area contributed by atoms with Gasteiger partial charge in [0.05, 0.1) is 22.5 Å². The maximum Gasteiger partial charge on any atom is 0.416 e. The normalized spacial score (nSPS) is 11.2. The summed E-state index contributed by atoms with van der Waals surface area (Å²) in [7, 11) is 0. The SMILES string of the molecule is Nc1ccccc1NC(=O)c1cc(C(F)(F)F)ccc1Br. The molecule has 1 amide bonds. The van der Waals surface area contributed by atoms with Gasteiger partial charge in [-0.15, -0.1) is 0 Å². The number of para-hydroxylation sites is 2. The fraction of sp³-hybridized carbons (Fsp3) is 0.0714. The molecule has 110 valence electrons. The molecule has 2 aromatic rings. The van der Waals surface area contributed by atoms with E-state index in [4.69, 9.17) is 5.73 Å². The van der Waals surface area contributed by atoms with Crippen molar-refractivity contribution in [2.24, 2.45) is 0 Å². The number of benzene rings is 2. The lowest BCUT2D eigenvalue weighted by molar-refractivity contribution is -0.137. The molecule has 0 spiro atoms. The number of hydrogen-bond donors (Lipinski definition) is 2. The van der Waals surface area contributed by atoms with Crippen molar-refractivity contribution >= 4 is 33.2 Å². The largest absolute Gasteiger partial charge is 0.416 e. The molecule has 0 unspecified atom stereocenters. The second kappa shape index (κ2) is 5.77. The fourth-order valence-corrected chi connectivity index (χ4v) is 2.10. The van der Waals surface area contributed by atoms with Crippen LogP contribution in [0.5, 0.6) is 0 Å². The minimum Gasteiger partial charge on any atom is -0.397 e. The minimum absolute atomic E-state index is 0.118. The molecule has 21 heavy (non-hydrogen) atoms. The number of nitrogen functional groups attached to an aromatic ring is 1. The van der Waals surface area contributed by atoms with Gasteiger partial charge >= 0.3 is 6.18 Å². The Labute approximate surface area is 127 Å². The van der Waals surface area contributed by atoms with Gasteiger partial charge in [-0.3, -0.25) is 4.79 Å². The van der Waals surface area contributed by atoms with E-state index in [0.717, 1.165) is 12.1 Å². The number of nitrogens with two attached hydrogens (primary N) is 1. The van der Waals surface area contributed by atoms with E-state index in [2.05, 4.69) is 21.2 Å². The number of rotatable bonds is 2. The zero-order chi connectivity index (χ0) is 15.6. The molecule has 0 heterocycles. The molecule has 0 atom stereocenters. The molecule has 0 aliphatic heterocycles. The monoisotopic (exact) mass is 358 g/mol. The summed E-state index contributed by atoms with van der Waals surface area (Å²) in [6, 6.07) is 9.37. The van der Waals surface area contributed by atoms with E-state index in [1.54, 1.807) is 24.3 Å². The molecule has 2 aromatic carbocycles. The molecule has 0 bridgehead atoms. The molecule has 0 radical (unpaired) electrons. The lowest BCUT2D eigenvalue weighted by atomic mass is 10.1. The first-order valence-corrected chi connectivity index (χ1v) is 6.61. The second-order valence-electron chi connectivity index (χ2n) is 4.23. The van der Waals surface area contributed by atoms with Gasteiger partial charge in [0.15, 0.2) is 0 Å². The van der Waals surface area contributed by atoms with Crippen LogP contribution in [0, 0.1) is 0 Å². The highest BCUT2D eigenvalue weighted by molar-refractivity contribution is 9.10. The molecular formula is C14H10BrF3N2O. The van der Waals surface area contributed by atoms with E-state index >= 15 is 0 Å². The Morgan fingerprint density at radius 1 is 1.14 bits per heavy atom. The summed E-state index contributed by atoms with van der Waals surface area (Å²) in [5.41, 5.74) is 5.34. The average molecular weight is 359 g/mol. The van der Waals surface area contributed by atoms with E-state index in [1.807, 2.05) is 0 Å². The van der Waals surface area contributed by atoms with Crippen LogP contribution >= 0.6 is 15.9 Å². The van der Waals surface area contributed by atoms with Gasteiger partial charge in [-0.05, 0) is 46.3 Å². The van der Waals surface area contributed by atoms with E-state index < -0.39 is 17.6 Å². The van der Waals surface area contributed by atoms with Crippen molar-refractivity contribution < 1.29 is 18.0 Å². The predicted octanol–water partition coefficient (Wildman–Crippen LogP) is 4.30. The van der Waals surface area contributed by atoms with Gasteiger partial charge in [-0.25, -0.2) is 0 Å². The number of alkyl halides is 3. The van der Waals surface area contributed by atoms with Crippen LogP contribution in [0.15, 0.2) is 46.9 Å². The molecule has 0 aliphatic rings. The summed E-state index contributed by atoms with van der Waals surface area (Å²) < 4.78 is 38.3. The van der Waals surface area contributed by atoms with Crippen LogP contribution in [0.2, 0.25) is 0 Å². The van der Waals surface area contributed by atoms with Gasteiger partial charge in [0.2, 0.25) is 0 Å². The highest BCUT2D eigenvalue weighted by Crippen LogP contribution is 2.32. The molecule has 3 nitrogen and oxygen atoms in total. The van der Waals surface area contributed by atoms with Crippen molar-refractivity contribution in [3.8, 4) is 0 Å². The van der Waals surface area contributed by atoms with Crippen LogP contribution in [-0.4, -0.2) is 5.91 Å². The van der Waals surface area contributed by atoms with Crippen molar-refractivity contribution in [1.82, 2.24) is 0 Å². The van der Waals surface area contributed by atoms with Gasteiger partial charge < -0.3 is 11.1 Å². The van der Waals surface area contributed by atoms with Crippen LogP contribution in [0.4, 0.5) is 24.5 Å². The smallest absolute Gasteiger partial charge is 0.397 e. The minimum atomic E-state index is -4.51. The predicted molar refractivity (Wildman–Crippen MR) is 78.0 cm³/mol. The van der Waals surface area contributed by atoms with Gasteiger partial charge in [-0.2, -0.15) is 13.2 Å². The molecule has 0 fully saturated rings. The third-order valence-corrected chi connectivity index (χ3v) is 3.44. The summed E-state index contributed by atoms with van der Waals surface area (Å²) in [5.74, 6) is -0.675. The van der Waals surface area contributed by atoms with Crippen LogP contribution < -0.4 is 11.1 Å². The maximum absolute atomic E-state index is 12.7. The number of anilines is 2. The van der Waals surface area contributed by atoms with E-state index in [9.17, 15) is 18.0 Å². The molecule has 2 rings (SSSR count). The maximum atomic E-state index is 12.7. The highest BCUT2D eigenvalue weighted by Gasteiger charge is 2.31. The lowest BCUT2D eigenvalue weighted by Crippen LogP contribution is -2.15. The Morgan fingerprint density at radius 2 is 1.81 bits per heavy atom. The first kappa shape index (κ1) is 15.4. The summed E-state index contributed by atoms with van der Waals surface area (Å²) in [6.07, 6.45) is -4.51. The van der Waals surface area contributed by atoms with Crippen molar-refractivity contribution in [3.63, 3.8) is 0 Å². The van der Waals surface area contributed by atoms with Gasteiger partial charge in [0.25, 0.3) is 5.91 Å². The Balaban J connectivity index is 2.33. The quantitative estimate of drug-likeness (QED) is 0.786. The third-order valence-electron chi connectivity index (χ3n) is 2.75. The van der Waals surface area contributed by atoms with Crippen LogP contribution in [0.1, 0.15) is 15.9 Å². The standard InChI is InChI=1S/C14H10BrF3N2O/c15-10-6-5-8(14(16,17)18)7-9(10)13(21)20-12-4-2-1-3-11(12)19/h1-7H,19H2,(H,20,21). The van der Waals surface area contributed by atoms with E-state index in [1.165, 1.54) is 6.07 Å². The average Bonchev–Trinajstić information content (AvgIpc) is 2.40. The number of hydrogen-bond acceptors (Lipinski definition) is 2. The second-order valence-corrected chi connectivity index (χ2v) is 5.09. The van der Waals surface area contributed by atoms with Crippen LogP contribution in [0.3, 0.4) is 0 Å². The zero-order valence-corrected chi connectivity index (χ0v) is 12.1. The Morgan fingerprint density at radius 3 is 2.43 bits per heavy atom. The molecule has 0 saturated carbocycles. The number of carbonyl (C=O) groups is 1. The number of carbonyl (C=O) groups excluding carboxylic acids is 1. The van der Waals surface area contributed by atoms with Gasteiger partial charge in [-0.1, -0.05) is 12.1 Å².